The molecule has 2 aromatic rings. The Bertz CT molecular complexity index is 820. The van der Waals surface area contributed by atoms with Crippen molar-refractivity contribution in [1.82, 2.24) is 10.6 Å². The molecule has 0 aliphatic carbocycles. The van der Waals surface area contributed by atoms with E-state index in [4.69, 9.17) is 0 Å². The van der Waals surface area contributed by atoms with Crippen molar-refractivity contribution >= 4 is 17.6 Å². The summed E-state index contributed by atoms with van der Waals surface area (Å²) in [6, 6.07) is 14.6. The maximum absolute atomic E-state index is 13.3. The summed E-state index contributed by atoms with van der Waals surface area (Å²) in [5, 5.41) is 6.51. The third-order valence-electron chi connectivity index (χ3n) is 4.68. The number of guanidine groups is 1. The summed E-state index contributed by atoms with van der Waals surface area (Å²) in [6.45, 7) is 4.80. The van der Waals surface area contributed by atoms with Gasteiger partial charge in [0.15, 0.2) is 5.96 Å². The molecule has 2 aromatic carbocycles. The van der Waals surface area contributed by atoms with Gasteiger partial charge < -0.3 is 15.5 Å². The lowest BCUT2D eigenvalue weighted by Gasteiger charge is -2.16. The van der Waals surface area contributed by atoms with Crippen LogP contribution in [0.15, 0.2) is 53.5 Å². The number of nitrogens with one attached hydrogen (secondary N) is 2. The maximum Gasteiger partial charge on any atom is 0.227 e. The number of halogens is 1. The fraction of sp³-hybridized carbons (Fsp3) is 0.364. The molecule has 2 N–H and O–H groups in total. The van der Waals surface area contributed by atoms with Gasteiger partial charge in [-0.25, -0.2) is 9.38 Å². The minimum absolute atomic E-state index is 0.197. The van der Waals surface area contributed by atoms with Gasteiger partial charge in [-0.05, 0) is 55.2 Å². The van der Waals surface area contributed by atoms with Crippen LogP contribution in [-0.4, -0.2) is 31.5 Å². The summed E-state index contributed by atoms with van der Waals surface area (Å²) in [5.74, 6) is 0.720. The molecule has 3 rings (SSSR count). The summed E-state index contributed by atoms with van der Waals surface area (Å²) >= 11 is 0. The second-order valence-corrected chi connectivity index (χ2v) is 6.82. The number of benzene rings is 2. The minimum atomic E-state index is -0.211. The average Bonchev–Trinajstić information content (AvgIpc) is 3.12. The molecule has 6 heteroatoms. The predicted octanol–water partition coefficient (Wildman–Crippen LogP) is 3.25. The van der Waals surface area contributed by atoms with Gasteiger partial charge in [0.05, 0.1) is 6.54 Å². The maximum atomic E-state index is 13.3. The second-order valence-electron chi connectivity index (χ2n) is 6.82. The normalized spacial score (nSPS) is 14.4. The Morgan fingerprint density at radius 1 is 1.14 bits per heavy atom. The first-order chi connectivity index (χ1) is 13.7. The van der Waals surface area contributed by atoms with E-state index in [2.05, 4.69) is 15.6 Å². The van der Waals surface area contributed by atoms with Crippen LogP contribution in [0.2, 0.25) is 0 Å². The molecule has 1 heterocycles. The van der Waals surface area contributed by atoms with E-state index in [0.717, 1.165) is 48.7 Å². The van der Waals surface area contributed by atoms with Crippen molar-refractivity contribution in [3.05, 3.63) is 65.5 Å². The number of nitrogens with zero attached hydrogens (tertiary/aromatic N) is 2. The van der Waals surface area contributed by atoms with Gasteiger partial charge in [0.2, 0.25) is 5.91 Å². The van der Waals surface area contributed by atoms with Crippen molar-refractivity contribution in [2.45, 2.75) is 32.7 Å². The molecule has 0 spiro atoms. The zero-order valence-electron chi connectivity index (χ0n) is 16.2. The molecule has 28 heavy (non-hydrogen) atoms. The van der Waals surface area contributed by atoms with Crippen LogP contribution >= 0.6 is 0 Å². The van der Waals surface area contributed by atoms with Gasteiger partial charge in [-0.3, -0.25) is 4.79 Å². The number of hydrogen-bond acceptors (Lipinski definition) is 2. The molecule has 0 radical (unpaired) electrons. The SMILES string of the molecule is CCNC(=NCc1ccc(N2CCCC2=O)cc1)NCCc1cccc(F)c1. The molecule has 0 bridgehead atoms. The molecule has 0 saturated carbocycles. The van der Waals surface area contributed by atoms with Crippen molar-refractivity contribution in [3.63, 3.8) is 0 Å². The first-order valence-corrected chi connectivity index (χ1v) is 9.81. The number of aliphatic imine (C=N–C) groups is 1. The number of carbonyl (C=O) groups excluding carboxylic acids is 1. The number of rotatable bonds is 7. The van der Waals surface area contributed by atoms with Crippen LogP contribution in [0, 0.1) is 5.82 Å². The van der Waals surface area contributed by atoms with Crippen LogP contribution in [0.3, 0.4) is 0 Å². The van der Waals surface area contributed by atoms with Gasteiger partial charge in [0.1, 0.15) is 5.82 Å². The lowest BCUT2D eigenvalue weighted by atomic mass is 10.1. The number of hydrogen-bond donors (Lipinski definition) is 2. The van der Waals surface area contributed by atoms with Crippen LogP contribution in [0.25, 0.3) is 0 Å². The lowest BCUT2D eigenvalue weighted by Crippen LogP contribution is -2.38. The molecule has 1 aliphatic rings. The van der Waals surface area contributed by atoms with E-state index in [1.807, 2.05) is 42.2 Å². The topological polar surface area (TPSA) is 56.7 Å². The average molecular weight is 382 g/mol. The van der Waals surface area contributed by atoms with E-state index in [0.29, 0.717) is 19.5 Å². The fourth-order valence-electron chi connectivity index (χ4n) is 3.23. The molecule has 1 aliphatic heterocycles. The fourth-order valence-corrected chi connectivity index (χ4v) is 3.23. The van der Waals surface area contributed by atoms with Crippen molar-refractivity contribution in [1.29, 1.82) is 0 Å². The largest absolute Gasteiger partial charge is 0.357 e. The van der Waals surface area contributed by atoms with Crippen LogP contribution in [0.5, 0.6) is 0 Å². The van der Waals surface area contributed by atoms with Crippen molar-refractivity contribution in [3.8, 4) is 0 Å². The zero-order valence-corrected chi connectivity index (χ0v) is 16.2. The van der Waals surface area contributed by atoms with E-state index in [1.54, 1.807) is 12.1 Å². The lowest BCUT2D eigenvalue weighted by molar-refractivity contribution is -0.117. The highest BCUT2D eigenvalue weighted by Crippen LogP contribution is 2.21. The first-order valence-electron chi connectivity index (χ1n) is 9.81. The molecule has 1 saturated heterocycles. The molecule has 1 fully saturated rings. The van der Waals surface area contributed by atoms with Gasteiger partial charge >= 0.3 is 0 Å². The zero-order chi connectivity index (χ0) is 19.8. The Morgan fingerprint density at radius 3 is 2.64 bits per heavy atom. The highest BCUT2D eigenvalue weighted by molar-refractivity contribution is 5.95. The molecule has 0 atom stereocenters. The van der Waals surface area contributed by atoms with E-state index < -0.39 is 0 Å². The highest BCUT2D eigenvalue weighted by atomic mass is 19.1. The Morgan fingerprint density at radius 2 is 1.96 bits per heavy atom. The third kappa shape index (κ3) is 5.55. The van der Waals surface area contributed by atoms with Crippen LogP contribution in [0.1, 0.15) is 30.9 Å². The van der Waals surface area contributed by atoms with Gasteiger partial charge in [-0.2, -0.15) is 0 Å². The van der Waals surface area contributed by atoms with Gasteiger partial charge in [-0.1, -0.05) is 24.3 Å². The summed E-state index contributed by atoms with van der Waals surface area (Å²) < 4.78 is 13.3. The van der Waals surface area contributed by atoms with Gasteiger partial charge in [0.25, 0.3) is 0 Å². The summed E-state index contributed by atoms with van der Waals surface area (Å²) in [6.07, 6.45) is 2.29. The Kier molecular flexibility index (Phi) is 7.00. The van der Waals surface area contributed by atoms with E-state index in [1.165, 1.54) is 6.07 Å². The quantitative estimate of drug-likeness (QED) is 0.571. The molecular formula is C22H27FN4O. The van der Waals surface area contributed by atoms with Crippen molar-refractivity contribution < 1.29 is 9.18 Å². The van der Waals surface area contributed by atoms with Gasteiger partial charge in [0, 0.05) is 31.7 Å². The molecule has 148 valence electrons. The third-order valence-corrected chi connectivity index (χ3v) is 4.68. The number of amides is 1. The summed E-state index contributed by atoms with van der Waals surface area (Å²) in [7, 11) is 0. The minimum Gasteiger partial charge on any atom is -0.357 e. The van der Waals surface area contributed by atoms with Crippen molar-refractivity contribution in [2.75, 3.05) is 24.5 Å². The smallest absolute Gasteiger partial charge is 0.227 e. The molecule has 5 nitrogen and oxygen atoms in total. The highest BCUT2D eigenvalue weighted by Gasteiger charge is 2.21. The monoisotopic (exact) mass is 382 g/mol. The van der Waals surface area contributed by atoms with E-state index in [9.17, 15) is 9.18 Å². The standard InChI is InChI=1S/C22H27FN4O/c1-2-24-22(25-13-12-17-5-3-6-19(23)15-17)26-16-18-8-10-20(11-9-18)27-14-4-7-21(27)28/h3,5-6,8-11,15H,2,4,7,12-14,16H2,1H3,(H2,24,25,26). The predicted molar refractivity (Wildman–Crippen MR) is 111 cm³/mol. The summed E-state index contributed by atoms with van der Waals surface area (Å²) in [4.78, 5) is 18.3. The molecule has 0 aromatic heterocycles. The second kappa shape index (κ2) is 9.88. The van der Waals surface area contributed by atoms with E-state index >= 15 is 0 Å². The Hall–Kier alpha value is -2.89. The number of anilines is 1. The van der Waals surface area contributed by atoms with Crippen LogP contribution < -0.4 is 15.5 Å². The molecular weight excluding hydrogens is 355 g/mol. The van der Waals surface area contributed by atoms with Crippen LogP contribution in [0.4, 0.5) is 10.1 Å². The Balaban J connectivity index is 1.54. The van der Waals surface area contributed by atoms with Crippen LogP contribution in [-0.2, 0) is 17.8 Å². The summed E-state index contributed by atoms with van der Waals surface area (Å²) in [5.41, 5.74) is 2.99. The molecule has 0 unspecified atom stereocenters. The number of carbonyl (C=O) groups is 1. The first kappa shape index (κ1) is 19.9. The molecule has 1 amide bonds. The van der Waals surface area contributed by atoms with Gasteiger partial charge in [-0.15, -0.1) is 0 Å². The van der Waals surface area contributed by atoms with E-state index in [-0.39, 0.29) is 11.7 Å². The van der Waals surface area contributed by atoms with Crippen molar-refractivity contribution in [2.24, 2.45) is 4.99 Å². The Labute approximate surface area is 165 Å².